The lowest BCUT2D eigenvalue weighted by Crippen LogP contribution is -2.23. The van der Waals surface area contributed by atoms with Crippen LogP contribution in [0.25, 0.3) is 0 Å². The van der Waals surface area contributed by atoms with Crippen molar-refractivity contribution in [3.05, 3.63) is 64.4 Å². The highest BCUT2D eigenvalue weighted by atomic mass is 35.5. The van der Waals surface area contributed by atoms with E-state index in [1.165, 1.54) is 11.0 Å². The quantitative estimate of drug-likeness (QED) is 0.767. The lowest BCUT2D eigenvalue weighted by Gasteiger charge is -2.16. The molecule has 4 heteroatoms. The number of carbonyl (C=O) groups excluding carboxylic acids is 1. The summed E-state index contributed by atoms with van der Waals surface area (Å²) in [5.41, 5.74) is 1.72. The minimum absolute atomic E-state index is 0.211. The highest BCUT2D eigenvalue weighted by molar-refractivity contribution is 6.31. The van der Waals surface area contributed by atoms with E-state index in [1.807, 2.05) is 0 Å². The van der Waals surface area contributed by atoms with E-state index in [2.05, 4.69) is 0 Å². The fraction of sp³-hybridized carbons (Fsp3) is 0.0714. The summed E-state index contributed by atoms with van der Waals surface area (Å²) in [6, 6.07) is 11.4. The molecule has 3 rings (SSSR count). The molecular weight excluding hydrogens is 253 g/mol. The van der Waals surface area contributed by atoms with Crippen molar-refractivity contribution in [1.82, 2.24) is 0 Å². The van der Waals surface area contributed by atoms with Gasteiger partial charge in [-0.05, 0) is 29.8 Å². The van der Waals surface area contributed by atoms with Crippen molar-refractivity contribution in [3.8, 4) is 0 Å². The minimum Gasteiger partial charge on any atom is -0.301 e. The summed E-state index contributed by atoms with van der Waals surface area (Å²) < 4.78 is 13.7. The maximum Gasteiger partial charge on any atom is 0.259 e. The molecule has 0 radical (unpaired) electrons. The van der Waals surface area contributed by atoms with Crippen molar-refractivity contribution in [3.63, 3.8) is 0 Å². The van der Waals surface area contributed by atoms with Gasteiger partial charge in [-0.2, -0.15) is 0 Å². The van der Waals surface area contributed by atoms with E-state index in [9.17, 15) is 9.18 Å². The number of para-hydroxylation sites is 1. The molecule has 0 fully saturated rings. The summed E-state index contributed by atoms with van der Waals surface area (Å²) in [7, 11) is 0. The number of rotatable bonds is 1. The molecule has 2 aromatic carbocycles. The Morgan fingerprint density at radius 1 is 1.17 bits per heavy atom. The third-order valence-corrected chi connectivity index (χ3v) is 3.25. The molecule has 18 heavy (non-hydrogen) atoms. The number of carbonyl (C=O) groups is 1. The number of halogens is 2. The zero-order valence-electron chi connectivity index (χ0n) is 9.36. The first-order valence-corrected chi connectivity index (χ1v) is 5.89. The molecule has 90 valence electrons. The van der Waals surface area contributed by atoms with E-state index in [0.717, 1.165) is 5.56 Å². The summed E-state index contributed by atoms with van der Waals surface area (Å²) in [4.78, 5) is 13.6. The Labute approximate surface area is 109 Å². The summed E-state index contributed by atoms with van der Waals surface area (Å²) in [5.74, 6) is -0.609. The minimum atomic E-state index is -0.398. The van der Waals surface area contributed by atoms with Crippen molar-refractivity contribution >= 4 is 23.2 Å². The summed E-state index contributed by atoms with van der Waals surface area (Å²) in [6.45, 7) is 0.381. The molecule has 0 N–H and O–H groups in total. The van der Waals surface area contributed by atoms with Crippen LogP contribution >= 0.6 is 11.6 Å². The number of nitrogens with zero attached hydrogens (tertiary/aromatic N) is 1. The SMILES string of the molecule is O=C1c2cc(Cl)ccc2CN1c1ccccc1F. The van der Waals surface area contributed by atoms with Crippen molar-refractivity contribution in [2.75, 3.05) is 4.90 Å². The van der Waals surface area contributed by atoms with E-state index >= 15 is 0 Å². The number of amides is 1. The van der Waals surface area contributed by atoms with Gasteiger partial charge in [-0.15, -0.1) is 0 Å². The first kappa shape index (κ1) is 11.2. The second kappa shape index (κ2) is 4.10. The normalized spacial score (nSPS) is 13.9. The third-order valence-electron chi connectivity index (χ3n) is 3.02. The van der Waals surface area contributed by atoms with Crippen molar-refractivity contribution in [2.24, 2.45) is 0 Å². The second-order valence-electron chi connectivity index (χ2n) is 4.14. The average molecular weight is 262 g/mol. The molecule has 1 heterocycles. The zero-order valence-corrected chi connectivity index (χ0v) is 10.1. The number of fused-ring (bicyclic) bond motifs is 1. The Morgan fingerprint density at radius 2 is 1.94 bits per heavy atom. The largest absolute Gasteiger partial charge is 0.301 e. The molecule has 1 amide bonds. The Balaban J connectivity index is 2.05. The van der Waals surface area contributed by atoms with Crippen LogP contribution in [0.5, 0.6) is 0 Å². The Kier molecular flexibility index (Phi) is 2.56. The van der Waals surface area contributed by atoms with Gasteiger partial charge in [0.05, 0.1) is 12.2 Å². The summed E-state index contributed by atoms with van der Waals surface area (Å²) >= 11 is 5.87. The van der Waals surface area contributed by atoms with Crippen molar-refractivity contribution < 1.29 is 9.18 Å². The number of hydrogen-bond donors (Lipinski definition) is 0. The highest BCUT2D eigenvalue weighted by Crippen LogP contribution is 2.31. The van der Waals surface area contributed by atoms with Crippen molar-refractivity contribution in [2.45, 2.75) is 6.54 Å². The zero-order chi connectivity index (χ0) is 12.7. The van der Waals surface area contributed by atoms with Gasteiger partial charge >= 0.3 is 0 Å². The molecule has 0 saturated heterocycles. The third kappa shape index (κ3) is 1.68. The molecule has 1 aliphatic heterocycles. The average Bonchev–Trinajstić information content (AvgIpc) is 2.68. The maximum atomic E-state index is 13.7. The standard InChI is InChI=1S/C14H9ClFNO/c15-10-6-5-9-8-17(14(18)11(9)7-10)13-4-2-1-3-12(13)16/h1-7H,8H2. The Bertz CT molecular complexity index is 641. The van der Waals surface area contributed by atoms with Crippen LogP contribution in [-0.2, 0) is 6.54 Å². The molecule has 2 aromatic rings. The van der Waals surface area contributed by atoms with Crippen LogP contribution in [0, 0.1) is 5.82 Å². The molecule has 0 aromatic heterocycles. The molecule has 0 atom stereocenters. The van der Waals surface area contributed by atoms with Crippen LogP contribution in [0.1, 0.15) is 15.9 Å². The molecule has 0 bridgehead atoms. The van der Waals surface area contributed by atoms with Gasteiger partial charge in [-0.1, -0.05) is 29.8 Å². The van der Waals surface area contributed by atoms with Gasteiger partial charge in [0, 0.05) is 10.6 Å². The van der Waals surface area contributed by atoms with Crippen LogP contribution in [0.2, 0.25) is 5.02 Å². The topological polar surface area (TPSA) is 20.3 Å². The predicted molar refractivity (Wildman–Crippen MR) is 68.4 cm³/mol. The first-order chi connectivity index (χ1) is 8.66. The molecule has 1 aliphatic rings. The second-order valence-corrected chi connectivity index (χ2v) is 4.58. The highest BCUT2D eigenvalue weighted by Gasteiger charge is 2.29. The van der Waals surface area contributed by atoms with Gasteiger partial charge in [0.15, 0.2) is 0 Å². The van der Waals surface area contributed by atoms with E-state index in [-0.39, 0.29) is 5.91 Å². The van der Waals surface area contributed by atoms with Crippen LogP contribution in [0.15, 0.2) is 42.5 Å². The van der Waals surface area contributed by atoms with Gasteiger partial charge in [0.25, 0.3) is 5.91 Å². The van der Waals surface area contributed by atoms with E-state index < -0.39 is 5.82 Å². The van der Waals surface area contributed by atoms with Crippen LogP contribution in [0.3, 0.4) is 0 Å². The molecule has 2 nitrogen and oxygen atoms in total. The molecule has 0 spiro atoms. The lowest BCUT2D eigenvalue weighted by molar-refractivity contribution is 0.0996. The van der Waals surface area contributed by atoms with Gasteiger partial charge in [-0.25, -0.2) is 4.39 Å². The van der Waals surface area contributed by atoms with Gasteiger partial charge in [0.2, 0.25) is 0 Å². The maximum absolute atomic E-state index is 13.7. The van der Waals surface area contributed by atoms with E-state index in [4.69, 9.17) is 11.6 Å². The Hall–Kier alpha value is -1.87. The molecular formula is C14H9ClFNO. The fourth-order valence-electron chi connectivity index (χ4n) is 2.14. The fourth-order valence-corrected chi connectivity index (χ4v) is 2.31. The molecule has 0 unspecified atom stereocenters. The Morgan fingerprint density at radius 3 is 2.72 bits per heavy atom. The van der Waals surface area contributed by atoms with Crippen molar-refractivity contribution in [1.29, 1.82) is 0 Å². The van der Waals surface area contributed by atoms with Crippen LogP contribution in [0.4, 0.5) is 10.1 Å². The number of anilines is 1. The number of benzene rings is 2. The lowest BCUT2D eigenvalue weighted by atomic mass is 10.1. The molecule has 0 saturated carbocycles. The van der Waals surface area contributed by atoms with E-state index in [0.29, 0.717) is 22.8 Å². The van der Waals surface area contributed by atoms with Crippen LogP contribution < -0.4 is 4.90 Å². The smallest absolute Gasteiger partial charge is 0.259 e. The number of hydrogen-bond acceptors (Lipinski definition) is 1. The van der Waals surface area contributed by atoms with Gasteiger partial charge in [0.1, 0.15) is 5.82 Å². The summed E-state index contributed by atoms with van der Waals surface area (Å²) in [5, 5.41) is 0.512. The first-order valence-electron chi connectivity index (χ1n) is 5.51. The van der Waals surface area contributed by atoms with Gasteiger partial charge in [-0.3, -0.25) is 4.79 Å². The molecule has 0 aliphatic carbocycles. The predicted octanol–water partition coefficient (Wildman–Crippen LogP) is 3.64. The monoisotopic (exact) mass is 261 g/mol. The van der Waals surface area contributed by atoms with E-state index in [1.54, 1.807) is 36.4 Å². The summed E-state index contributed by atoms with van der Waals surface area (Å²) in [6.07, 6.45) is 0. The van der Waals surface area contributed by atoms with Gasteiger partial charge < -0.3 is 4.90 Å². The van der Waals surface area contributed by atoms with Crippen LogP contribution in [-0.4, -0.2) is 5.91 Å².